The van der Waals surface area contributed by atoms with Crippen molar-refractivity contribution < 1.29 is 38.7 Å². The number of ketones is 1. The zero-order valence-corrected chi connectivity index (χ0v) is 26.0. The average Bonchev–Trinajstić information content (AvgIpc) is 3.23. The number of carbonyl (C=O) groups excluding carboxylic acids is 5. The smallest absolute Gasteiger partial charge is 0.363 e. The number of imide groups is 1. The summed E-state index contributed by atoms with van der Waals surface area (Å²) in [5, 5.41) is 15.6. The lowest BCUT2D eigenvalue weighted by Crippen LogP contribution is -2.57. The van der Waals surface area contributed by atoms with Gasteiger partial charge in [0, 0.05) is 12.2 Å². The largest absolute Gasteiger partial charge is 0.481 e. The van der Waals surface area contributed by atoms with Crippen LogP contribution in [0.4, 0.5) is 10.5 Å². The number of benzene rings is 3. The molecule has 1 unspecified atom stereocenters. The van der Waals surface area contributed by atoms with Crippen LogP contribution in [0.5, 0.6) is 0 Å². The Labute approximate surface area is 270 Å². The maximum atomic E-state index is 14.1. The number of nitrogens with one attached hydrogen (secondary N) is 2. The Balaban J connectivity index is 1.74. The number of carboxylic acid groups (broad SMARTS) is 1. The van der Waals surface area contributed by atoms with Crippen molar-refractivity contribution in [2.45, 2.75) is 51.0 Å². The van der Waals surface area contributed by atoms with Gasteiger partial charge in [0.05, 0.1) is 19.0 Å². The lowest BCUT2D eigenvalue weighted by molar-refractivity contribution is -0.186. The van der Waals surface area contributed by atoms with Gasteiger partial charge in [-0.1, -0.05) is 77.9 Å². The van der Waals surface area contributed by atoms with Gasteiger partial charge in [0.2, 0.25) is 5.91 Å². The van der Waals surface area contributed by atoms with Gasteiger partial charge in [-0.05, 0) is 49.7 Å². The molecule has 1 saturated heterocycles. The van der Waals surface area contributed by atoms with Crippen molar-refractivity contribution in [3.8, 4) is 0 Å². The first kappa shape index (κ1) is 34.1. The molecule has 0 bridgehead atoms. The second kappa shape index (κ2) is 14.6. The fraction of sp³-hybridized carbons (Fsp3) is 0.273. The quantitative estimate of drug-likeness (QED) is 0.134. The molecule has 244 valence electrons. The molecule has 1 fully saturated rings. The lowest BCUT2D eigenvalue weighted by atomic mass is 9.89. The van der Waals surface area contributed by atoms with Gasteiger partial charge < -0.3 is 15.3 Å². The minimum atomic E-state index is -1.99. The molecule has 0 radical (unpaired) electrons. The zero-order chi connectivity index (χ0) is 34.3. The highest BCUT2D eigenvalue weighted by atomic mass is 16.7. The molecule has 47 heavy (non-hydrogen) atoms. The first-order valence-corrected chi connectivity index (χ1v) is 14.6. The number of hydroxylamine groups is 2. The van der Waals surface area contributed by atoms with Gasteiger partial charge in [0.1, 0.15) is 5.54 Å². The summed E-state index contributed by atoms with van der Waals surface area (Å²) >= 11 is 0. The Morgan fingerprint density at radius 1 is 0.957 bits per heavy atom. The molecule has 14 heteroatoms. The number of urea groups is 1. The summed E-state index contributed by atoms with van der Waals surface area (Å²) in [5.41, 5.74) is 7.29. The molecule has 14 nitrogen and oxygen atoms in total. The predicted molar refractivity (Wildman–Crippen MR) is 166 cm³/mol. The first-order chi connectivity index (χ1) is 22.4. The Hall–Kier alpha value is -5.76. The minimum absolute atomic E-state index is 0.0520. The topological polar surface area (TPSA) is 190 Å². The number of nitrogens with zero attached hydrogens (tertiary/aromatic N) is 4. The molecule has 1 heterocycles. The molecule has 0 saturated carbocycles. The maximum absolute atomic E-state index is 14.1. The van der Waals surface area contributed by atoms with Gasteiger partial charge in [-0.2, -0.15) is 5.11 Å². The van der Waals surface area contributed by atoms with Gasteiger partial charge in [-0.3, -0.25) is 29.0 Å². The second-order valence-corrected chi connectivity index (χ2v) is 10.9. The normalized spacial score (nSPS) is 17.2. The zero-order valence-electron chi connectivity index (χ0n) is 26.0. The number of para-hydroxylation sites is 1. The standard InChI is InChI=1S/C33H34N6O8/c1-21(40)28(38(25-12-8-5-9-13-25)29(43)26(35-3)18-27(41)42)30(44)47-39-31(45)33(2,24-16-14-22(15-17-24)19-36-34)37(32(39)46)20-23-10-6-4-7-11-23/h4-17,26,28,34-35H,18-20H2,1-3H3,(H,41,42)/t26?,28-,33+/m0/s1. The van der Waals surface area contributed by atoms with Crippen LogP contribution in [0.25, 0.3) is 0 Å². The number of Topliss-reactive ketones (excluding diaryl/α,β-unsaturated/α-hetero) is 1. The Kier molecular flexibility index (Phi) is 10.6. The number of likely N-dealkylation sites (N-methyl/N-ethyl adjacent to an activating group) is 1. The van der Waals surface area contributed by atoms with E-state index in [0.717, 1.165) is 11.8 Å². The van der Waals surface area contributed by atoms with E-state index in [0.29, 0.717) is 16.7 Å². The van der Waals surface area contributed by atoms with Crippen LogP contribution in [0, 0.1) is 5.53 Å². The molecule has 4 amide bonds. The van der Waals surface area contributed by atoms with Crippen LogP contribution in [0.2, 0.25) is 0 Å². The van der Waals surface area contributed by atoms with Gasteiger partial charge in [-0.15, -0.1) is 0 Å². The van der Waals surface area contributed by atoms with Crippen LogP contribution in [0.15, 0.2) is 90.0 Å². The van der Waals surface area contributed by atoms with Crippen LogP contribution in [0.1, 0.15) is 37.0 Å². The SMILES string of the molecule is CNC(CC(=O)O)C(=O)N(c1ccccc1)[C@@H](C(C)=O)C(=O)ON1C(=O)N(Cc2ccccc2)[C@](C)(c2ccc(CN=N)cc2)C1=O. The molecule has 0 spiro atoms. The Morgan fingerprint density at radius 2 is 1.55 bits per heavy atom. The molecule has 3 N–H and O–H groups in total. The van der Waals surface area contributed by atoms with Crippen molar-refractivity contribution in [2.24, 2.45) is 5.11 Å². The number of amides is 4. The Morgan fingerprint density at radius 3 is 2.09 bits per heavy atom. The molecule has 1 aliphatic heterocycles. The summed E-state index contributed by atoms with van der Waals surface area (Å²) in [5.74, 6) is -5.43. The monoisotopic (exact) mass is 642 g/mol. The number of hydrogen-bond acceptors (Lipinski definition) is 10. The highest BCUT2D eigenvalue weighted by Gasteiger charge is 2.58. The molecule has 0 aliphatic carbocycles. The van der Waals surface area contributed by atoms with Crippen molar-refractivity contribution in [2.75, 3.05) is 11.9 Å². The number of rotatable bonds is 14. The van der Waals surface area contributed by atoms with E-state index in [1.807, 2.05) is 0 Å². The second-order valence-electron chi connectivity index (χ2n) is 10.9. The number of hydrogen-bond donors (Lipinski definition) is 3. The van der Waals surface area contributed by atoms with Crippen molar-refractivity contribution in [3.63, 3.8) is 0 Å². The Bertz CT molecular complexity index is 1670. The molecule has 4 rings (SSSR count). The van der Waals surface area contributed by atoms with Gasteiger partial charge >= 0.3 is 18.0 Å². The van der Waals surface area contributed by atoms with E-state index >= 15 is 0 Å². The van der Waals surface area contributed by atoms with E-state index < -0.39 is 59.6 Å². The molecular formula is C33H34N6O8. The predicted octanol–water partition coefficient (Wildman–Crippen LogP) is 3.41. The van der Waals surface area contributed by atoms with Crippen molar-refractivity contribution in [3.05, 3.63) is 102 Å². The fourth-order valence-electron chi connectivity index (χ4n) is 5.32. The van der Waals surface area contributed by atoms with E-state index in [1.165, 1.54) is 31.0 Å². The van der Waals surface area contributed by atoms with Crippen molar-refractivity contribution in [1.29, 1.82) is 5.53 Å². The number of carboxylic acids is 1. The lowest BCUT2D eigenvalue weighted by Gasteiger charge is -2.32. The highest BCUT2D eigenvalue weighted by molar-refractivity contribution is 6.15. The average molecular weight is 643 g/mol. The van der Waals surface area contributed by atoms with Crippen LogP contribution in [-0.4, -0.2) is 69.8 Å². The fourth-order valence-corrected chi connectivity index (χ4v) is 5.32. The summed E-state index contributed by atoms with van der Waals surface area (Å²) in [7, 11) is 1.35. The van der Waals surface area contributed by atoms with E-state index in [1.54, 1.807) is 72.8 Å². The summed E-state index contributed by atoms with van der Waals surface area (Å²) in [6, 6.07) is 18.7. The minimum Gasteiger partial charge on any atom is -0.481 e. The molecule has 1 aliphatic rings. The molecular weight excluding hydrogens is 608 g/mol. The van der Waals surface area contributed by atoms with E-state index in [9.17, 15) is 33.9 Å². The summed E-state index contributed by atoms with van der Waals surface area (Å²) in [6.07, 6.45) is -0.664. The van der Waals surface area contributed by atoms with Crippen molar-refractivity contribution >= 4 is 41.3 Å². The van der Waals surface area contributed by atoms with Gasteiger partial charge in [0.25, 0.3) is 5.91 Å². The van der Waals surface area contributed by atoms with E-state index in [4.69, 9.17) is 10.4 Å². The highest BCUT2D eigenvalue weighted by Crippen LogP contribution is 2.39. The third-order valence-corrected chi connectivity index (χ3v) is 7.85. The summed E-state index contributed by atoms with van der Waals surface area (Å²) in [6.45, 7) is 2.60. The number of carbonyl (C=O) groups is 6. The summed E-state index contributed by atoms with van der Waals surface area (Å²) < 4.78 is 0. The molecule has 3 aromatic carbocycles. The first-order valence-electron chi connectivity index (χ1n) is 14.6. The maximum Gasteiger partial charge on any atom is 0.363 e. The third kappa shape index (κ3) is 7.07. The van der Waals surface area contributed by atoms with E-state index in [2.05, 4.69) is 10.4 Å². The number of anilines is 1. The van der Waals surface area contributed by atoms with E-state index in [-0.39, 0.29) is 23.8 Å². The van der Waals surface area contributed by atoms with Gasteiger partial charge in [-0.25, -0.2) is 15.1 Å². The third-order valence-electron chi connectivity index (χ3n) is 7.85. The van der Waals surface area contributed by atoms with Crippen LogP contribution >= 0.6 is 0 Å². The van der Waals surface area contributed by atoms with Crippen molar-refractivity contribution in [1.82, 2.24) is 15.3 Å². The number of aliphatic carboxylic acids is 1. The van der Waals surface area contributed by atoms with Crippen LogP contribution in [0.3, 0.4) is 0 Å². The molecule has 0 aromatic heterocycles. The molecule has 3 atom stereocenters. The van der Waals surface area contributed by atoms with Crippen LogP contribution in [-0.2, 0) is 47.4 Å². The molecule has 3 aromatic rings. The summed E-state index contributed by atoms with van der Waals surface area (Å²) in [4.78, 5) is 87.6. The van der Waals surface area contributed by atoms with Gasteiger partial charge in [0.15, 0.2) is 11.8 Å². The van der Waals surface area contributed by atoms with Crippen LogP contribution < -0.4 is 10.2 Å².